The zero-order valence-corrected chi connectivity index (χ0v) is 9.03. The van der Waals surface area contributed by atoms with Gasteiger partial charge in [0, 0.05) is 26.2 Å². The molecule has 3 nitrogen and oxygen atoms in total. The van der Waals surface area contributed by atoms with E-state index in [4.69, 9.17) is 0 Å². The topological polar surface area (TPSA) is 24.2 Å². The lowest BCUT2D eigenvalue weighted by Gasteiger charge is -2.07. The van der Waals surface area contributed by atoms with E-state index in [1.165, 1.54) is 5.56 Å². The Labute approximate surface area is 85.0 Å². The second kappa shape index (κ2) is 4.74. The van der Waals surface area contributed by atoms with Gasteiger partial charge in [0.2, 0.25) is 5.91 Å². The largest absolute Gasteiger partial charge is 0.349 e. The first-order valence-electron chi connectivity index (χ1n) is 4.75. The molecule has 3 heteroatoms. The summed E-state index contributed by atoms with van der Waals surface area (Å²) in [6, 6.07) is 4.08. The Morgan fingerprint density at radius 3 is 2.43 bits per heavy atom. The SMILES string of the molecule is Cc1cc[n+](CCC(=O)N(C)C)cc1. The summed E-state index contributed by atoms with van der Waals surface area (Å²) in [6.45, 7) is 2.80. The molecule has 1 rings (SSSR count). The predicted octanol–water partition coefficient (Wildman–Crippen LogP) is 0.761. The van der Waals surface area contributed by atoms with E-state index in [2.05, 4.69) is 6.92 Å². The Hall–Kier alpha value is -1.38. The van der Waals surface area contributed by atoms with Crippen LogP contribution in [0.3, 0.4) is 0 Å². The molecule has 0 aliphatic heterocycles. The molecule has 0 aliphatic carbocycles. The summed E-state index contributed by atoms with van der Waals surface area (Å²) in [5.74, 6) is 0.165. The van der Waals surface area contributed by atoms with Crippen LogP contribution >= 0.6 is 0 Å². The quantitative estimate of drug-likeness (QED) is 0.650. The van der Waals surface area contributed by atoms with Crippen LogP contribution in [0.5, 0.6) is 0 Å². The molecule has 0 saturated heterocycles. The van der Waals surface area contributed by atoms with Crippen molar-refractivity contribution in [2.24, 2.45) is 0 Å². The first kappa shape index (κ1) is 10.7. The van der Waals surface area contributed by atoms with Gasteiger partial charge in [-0.25, -0.2) is 4.57 Å². The van der Waals surface area contributed by atoms with Crippen molar-refractivity contribution in [3.63, 3.8) is 0 Å². The van der Waals surface area contributed by atoms with Crippen molar-refractivity contribution in [1.82, 2.24) is 4.90 Å². The molecule has 0 spiro atoms. The summed E-state index contributed by atoms with van der Waals surface area (Å²) in [5, 5.41) is 0. The maximum atomic E-state index is 11.3. The summed E-state index contributed by atoms with van der Waals surface area (Å²) in [7, 11) is 3.56. The van der Waals surface area contributed by atoms with Crippen LogP contribution in [0.15, 0.2) is 24.5 Å². The van der Waals surface area contributed by atoms with Gasteiger partial charge in [-0.05, 0) is 12.5 Å². The molecular weight excluding hydrogens is 176 g/mol. The number of rotatable bonds is 3. The van der Waals surface area contributed by atoms with Crippen LogP contribution in [0, 0.1) is 6.92 Å². The second-order valence-electron chi connectivity index (χ2n) is 3.65. The summed E-state index contributed by atoms with van der Waals surface area (Å²) in [4.78, 5) is 12.9. The lowest BCUT2D eigenvalue weighted by Crippen LogP contribution is -2.36. The van der Waals surface area contributed by atoms with E-state index in [1.54, 1.807) is 19.0 Å². The third-order valence-corrected chi connectivity index (χ3v) is 2.14. The molecule has 1 aromatic rings. The van der Waals surface area contributed by atoms with Gasteiger partial charge >= 0.3 is 0 Å². The van der Waals surface area contributed by atoms with Crippen LogP contribution in [-0.4, -0.2) is 24.9 Å². The zero-order chi connectivity index (χ0) is 10.6. The van der Waals surface area contributed by atoms with Crippen LogP contribution in [0.1, 0.15) is 12.0 Å². The zero-order valence-electron chi connectivity index (χ0n) is 9.03. The minimum absolute atomic E-state index is 0.165. The lowest BCUT2D eigenvalue weighted by molar-refractivity contribution is -0.696. The third-order valence-electron chi connectivity index (χ3n) is 2.14. The van der Waals surface area contributed by atoms with E-state index in [0.717, 1.165) is 6.54 Å². The molecule has 0 aromatic carbocycles. The van der Waals surface area contributed by atoms with Crippen molar-refractivity contribution in [1.29, 1.82) is 0 Å². The molecule has 0 unspecified atom stereocenters. The minimum Gasteiger partial charge on any atom is -0.349 e. The number of carbonyl (C=O) groups excluding carboxylic acids is 1. The average Bonchev–Trinajstić information content (AvgIpc) is 2.16. The molecule has 0 radical (unpaired) electrons. The van der Waals surface area contributed by atoms with Crippen molar-refractivity contribution in [3.05, 3.63) is 30.1 Å². The molecule has 1 heterocycles. The van der Waals surface area contributed by atoms with Crippen molar-refractivity contribution in [2.75, 3.05) is 14.1 Å². The van der Waals surface area contributed by atoms with E-state index in [1.807, 2.05) is 29.1 Å². The number of hydrogen-bond acceptors (Lipinski definition) is 1. The number of amides is 1. The van der Waals surface area contributed by atoms with E-state index in [9.17, 15) is 4.79 Å². The Bertz CT molecular complexity index is 304. The first-order chi connectivity index (χ1) is 6.59. The van der Waals surface area contributed by atoms with E-state index in [-0.39, 0.29) is 5.91 Å². The highest BCUT2D eigenvalue weighted by molar-refractivity contribution is 5.75. The predicted molar refractivity (Wildman–Crippen MR) is 54.7 cm³/mol. The van der Waals surface area contributed by atoms with Gasteiger partial charge in [-0.15, -0.1) is 0 Å². The average molecular weight is 193 g/mol. The summed E-state index contributed by atoms with van der Waals surface area (Å²) in [5.41, 5.74) is 1.24. The molecule has 0 aliphatic rings. The van der Waals surface area contributed by atoms with Crippen LogP contribution in [0.4, 0.5) is 0 Å². The summed E-state index contributed by atoms with van der Waals surface area (Å²) in [6.07, 6.45) is 4.55. The van der Waals surface area contributed by atoms with Gasteiger partial charge in [0.25, 0.3) is 0 Å². The molecule has 14 heavy (non-hydrogen) atoms. The fraction of sp³-hybridized carbons (Fsp3) is 0.455. The normalized spacial score (nSPS) is 9.93. The van der Waals surface area contributed by atoms with Crippen molar-refractivity contribution in [3.8, 4) is 0 Å². The molecule has 0 atom stereocenters. The molecule has 0 N–H and O–H groups in total. The van der Waals surface area contributed by atoms with Crippen LogP contribution in [0.2, 0.25) is 0 Å². The van der Waals surface area contributed by atoms with Gasteiger partial charge in [0.05, 0.1) is 6.42 Å². The van der Waals surface area contributed by atoms with Crippen molar-refractivity contribution >= 4 is 5.91 Å². The Kier molecular flexibility index (Phi) is 3.63. The summed E-state index contributed by atoms with van der Waals surface area (Å²) >= 11 is 0. The van der Waals surface area contributed by atoms with E-state index < -0.39 is 0 Å². The van der Waals surface area contributed by atoms with Crippen LogP contribution in [-0.2, 0) is 11.3 Å². The van der Waals surface area contributed by atoms with Crippen molar-refractivity contribution < 1.29 is 9.36 Å². The van der Waals surface area contributed by atoms with Gasteiger partial charge in [0.15, 0.2) is 18.9 Å². The van der Waals surface area contributed by atoms with Gasteiger partial charge in [-0.1, -0.05) is 0 Å². The molecule has 1 amide bonds. The Morgan fingerprint density at radius 1 is 1.36 bits per heavy atom. The summed E-state index contributed by atoms with van der Waals surface area (Å²) < 4.78 is 2.02. The highest BCUT2D eigenvalue weighted by atomic mass is 16.2. The first-order valence-corrected chi connectivity index (χ1v) is 4.75. The standard InChI is InChI=1S/C11H17N2O/c1-10-4-7-13(8-5-10)9-6-11(14)12(2)3/h4-5,7-8H,6,9H2,1-3H3/q+1. The third kappa shape index (κ3) is 3.17. The number of carbonyl (C=O) groups is 1. The Morgan fingerprint density at radius 2 is 1.93 bits per heavy atom. The molecule has 1 aromatic heterocycles. The second-order valence-corrected chi connectivity index (χ2v) is 3.65. The number of nitrogens with zero attached hydrogens (tertiary/aromatic N) is 2. The number of hydrogen-bond donors (Lipinski definition) is 0. The van der Waals surface area contributed by atoms with Gasteiger partial charge in [-0.2, -0.15) is 0 Å². The molecule has 0 saturated carbocycles. The monoisotopic (exact) mass is 193 g/mol. The van der Waals surface area contributed by atoms with E-state index >= 15 is 0 Å². The molecular formula is C11H17N2O+. The van der Waals surface area contributed by atoms with Gasteiger partial charge < -0.3 is 4.90 Å². The Balaban J connectivity index is 2.46. The maximum Gasteiger partial charge on any atom is 0.228 e. The van der Waals surface area contributed by atoms with Gasteiger partial charge in [0.1, 0.15) is 0 Å². The number of pyridine rings is 1. The van der Waals surface area contributed by atoms with E-state index in [0.29, 0.717) is 6.42 Å². The van der Waals surface area contributed by atoms with Gasteiger partial charge in [-0.3, -0.25) is 4.79 Å². The molecule has 76 valence electrons. The highest BCUT2D eigenvalue weighted by Crippen LogP contribution is 1.91. The number of aryl methyl sites for hydroxylation is 2. The fourth-order valence-electron chi connectivity index (χ4n) is 1.13. The molecule has 0 fully saturated rings. The van der Waals surface area contributed by atoms with Crippen LogP contribution in [0.25, 0.3) is 0 Å². The molecule has 0 bridgehead atoms. The van der Waals surface area contributed by atoms with Crippen molar-refractivity contribution in [2.45, 2.75) is 19.9 Å². The minimum atomic E-state index is 0.165. The lowest BCUT2D eigenvalue weighted by atomic mass is 10.3. The maximum absolute atomic E-state index is 11.3. The smallest absolute Gasteiger partial charge is 0.228 e. The van der Waals surface area contributed by atoms with Crippen LogP contribution < -0.4 is 4.57 Å². The fourth-order valence-corrected chi connectivity index (χ4v) is 1.13. The number of aromatic nitrogens is 1. The highest BCUT2D eigenvalue weighted by Gasteiger charge is 2.07.